The molecule has 1 aliphatic rings. The molecule has 0 radical (unpaired) electrons. The first kappa shape index (κ1) is 21.0. The molecule has 5 nitrogen and oxygen atoms in total. The first-order chi connectivity index (χ1) is 13.8. The van der Waals surface area contributed by atoms with Crippen LogP contribution in [-0.4, -0.2) is 23.7 Å². The number of carbonyl (C=O) groups excluding carboxylic acids is 2. The number of anilines is 2. The fraction of sp³-hybridized carbons (Fsp3) is 0.300. The summed E-state index contributed by atoms with van der Waals surface area (Å²) in [5, 5.41) is 4.45. The number of carbonyl (C=O) groups is 2. The molecule has 9 heteroatoms. The summed E-state index contributed by atoms with van der Waals surface area (Å²) >= 11 is 1.07. The molecule has 1 heterocycles. The van der Waals surface area contributed by atoms with Crippen LogP contribution in [0.25, 0.3) is 0 Å². The van der Waals surface area contributed by atoms with Gasteiger partial charge in [0, 0.05) is 11.3 Å². The van der Waals surface area contributed by atoms with E-state index in [0.29, 0.717) is 22.9 Å². The number of hydrogen-bond donors (Lipinski definition) is 2. The number of rotatable bonds is 6. The van der Waals surface area contributed by atoms with Crippen molar-refractivity contribution in [2.75, 3.05) is 17.2 Å². The fourth-order valence-corrected chi connectivity index (χ4v) is 3.83. The van der Waals surface area contributed by atoms with Gasteiger partial charge in [0.05, 0.1) is 28.8 Å². The van der Waals surface area contributed by atoms with Gasteiger partial charge in [0.1, 0.15) is 5.75 Å². The normalized spacial score (nSPS) is 16.0. The van der Waals surface area contributed by atoms with Crippen LogP contribution in [0.3, 0.4) is 0 Å². The lowest BCUT2D eigenvalue weighted by atomic mass is 10.1. The minimum Gasteiger partial charge on any atom is -0.491 e. The van der Waals surface area contributed by atoms with E-state index in [1.165, 1.54) is 6.07 Å². The van der Waals surface area contributed by atoms with Gasteiger partial charge >= 0.3 is 6.18 Å². The van der Waals surface area contributed by atoms with Crippen molar-refractivity contribution in [3.05, 3.63) is 48.0 Å². The van der Waals surface area contributed by atoms with Gasteiger partial charge in [0.2, 0.25) is 11.8 Å². The SMILES string of the molecule is CCCOc1ccccc1NC(=O)C[C@@H]1Sc2ccc(C(F)(F)F)cc2NC1=O. The Kier molecular flexibility index (Phi) is 6.36. The zero-order chi connectivity index (χ0) is 21.0. The van der Waals surface area contributed by atoms with Crippen LogP contribution in [0.2, 0.25) is 0 Å². The van der Waals surface area contributed by atoms with Crippen LogP contribution in [0.1, 0.15) is 25.3 Å². The summed E-state index contributed by atoms with van der Waals surface area (Å²) in [4.78, 5) is 25.2. The Morgan fingerprint density at radius 3 is 2.72 bits per heavy atom. The Morgan fingerprint density at radius 2 is 2.00 bits per heavy atom. The van der Waals surface area contributed by atoms with Crippen LogP contribution >= 0.6 is 11.8 Å². The van der Waals surface area contributed by atoms with E-state index >= 15 is 0 Å². The highest BCUT2D eigenvalue weighted by molar-refractivity contribution is 8.01. The zero-order valence-electron chi connectivity index (χ0n) is 15.5. The molecule has 0 aromatic heterocycles. The first-order valence-electron chi connectivity index (χ1n) is 8.98. The third-order valence-electron chi connectivity index (χ3n) is 4.12. The maximum Gasteiger partial charge on any atom is 0.416 e. The third-order valence-corrected chi connectivity index (χ3v) is 5.40. The maximum atomic E-state index is 12.8. The summed E-state index contributed by atoms with van der Waals surface area (Å²) in [6.07, 6.45) is -3.80. The summed E-state index contributed by atoms with van der Waals surface area (Å²) < 4.78 is 44.1. The second kappa shape index (κ2) is 8.77. The first-order valence-corrected chi connectivity index (χ1v) is 9.86. The van der Waals surface area contributed by atoms with Crippen molar-refractivity contribution >= 4 is 35.0 Å². The Bertz CT molecular complexity index is 918. The molecule has 0 saturated carbocycles. The predicted molar refractivity (Wildman–Crippen MR) is 105 cm³/mol. The Labute approximate surface area is 170 Å². The summed E-state index contributed by atoms with van der Waals surface area (Å²) in [5.41, 5.74) is -0.232. The number of alkyl halides is 3. The number of benzene rings is 2. The molecule has 0 saturated heterocycles. The molecular weight excluding hydrogens is 405 g/mol. The van der Waals surface area contributed by atoms with Crippen LogP contribution in [-0.2, 0) is 15.8 Å². The number of para-hydroxylation sites is 2. The van der Waals surface area contributed by atoms with Crippen molar-refractivity contribution in [2.45, 2.75) is 36.1 Å². The van der Waals surface area contributed by atoms with Gasteiger partial charge in [-0.2, -0.15) is 13.2 Å². The van der Waals surface area contributed by atoms with Crippen molar-refractivity contribution in [1.82, 2.24) is 0 Å². The number of halogens is 3. The number of nitrogens with one attached hydrogen (secondary N) is 2. The minimum atomic E-state index is -4.49. The second-order valence-corrected chi connectivity index (χ2v) is 7.65. The molecule has 1 atom stereocenters. The standard InChI is InChI=1S/C20H19F3N2O3S/c1-2-9-28-15-6-4-3-5-13(15)24-18(26)11-17-19(27)25-14-10-12(20(21,22)23)7-8-16(14)29-17/h3-8,10,17H,2,9,11H2,1H3,(H,24,26)(H,25,27)/t17-/m0/s1. The highest BCUT2D eigenvalue weighted by Gasteiger charge is 2.34. The minimum absolute atomic E-state index is 0.102. The summed E-state index contributed by atoms with van der Waals surface area (Å²) in [6, 6.07) is 10.1. The van der Waals surface area contributed by atoms with Crippen molar-refractivity contribution in [3.8, 4) is 5.75 Å². The van der Waals surface area contributed by atoms with Crippen LogP contribution in [0, 0.1) is 0 Å². The van der Waals surface area contributed by atoms with E-state index < -0.39 is 22.9 Å². The molecule has 29 heavy (non-hydrogen) atoms. The van der Waals surface area contributed by atoms with E-state index in [0.717, 1.165) is 30.3 Å². The molecular formula is C20H19F3N2O3S. The lowest BCUT2D eigenvalue weighted by Gasteiger charge is -2.24. The number of amides is 2. The summed E-state index contributed by atoms with van der Waals surface area (Å²) in [7, 11) is 0. The monoisotopic (exact) mass is 424 g/mol. The van der Waals surface area contributed by atoms with Crippen molar-refractivity contribution < 1.29 is 27.5 Å². The van der Waals surface area contributed by atoms with E-state index in [2.05, 4.69) is 10.6 Å². The molecule has 0 unspecified atom stereocenters. The fourth-order valence-electron chi connectivity index (χ4n) is 2.74. The van der Waals surface area contributed by atoms with Gasteiger partial charge in [-0.25, -0.2) is 0 Å². The van der Waals surface area contributed by atoms with Crippen molar-refractivity contribution in [1.29, 1.82) is 0 Å². The second-order valence-electron chi connectivity index (χ2n) is 6.40. The molecule has 3 rings (SSSR count). The van der Waals surface area contributed by atoms with Crippen LogP contribution < -0.4 is 15.4 Å². The van der Waals surface area contributed by atoms with E-state index in [4.69, 9.17) is 4.74 Å². The number of thioether (sulfide) groups is 1. The van der Waals surface area contributed by atoms with Gasteiger partial charge in [-0.15, -0.1) is 11.8 Å². The molecule has 0 spiro atoms. The summed E-state index contributed by atoms with van der Waals surface area (Å²) in [5.74, 6) is -0.360. The molecule has 2 amide bonds. The third kappa shape index (κ3) is 5.23. The number of ether oxygens (including phenoxy) is 1. The van der Waals surface area contributed by atoms with Crippen LogP contribution in [0.15, 0.2) is 47.4 Å². The van der Waals surface area contributed by atoms with Gasteiger partial charge in [0.15, 0.2) is 0 Å². The smallest absolute Gasteiger partial charge is 0.416 e. The van der Waals surface area contributed by atoms with E-state index in [-0.39, 0.29) is 18.0 Å². The van der Waals surface area contributed by atoms with E-state index in [1.54, 1.807) is 24.3 Å². The van der Waals surface area contributed by atoms with Crippen LogP contribution in [0.4, 0.5) is 24.5 Å². The highest BCUT2D eigenvalue weighted by Crippen LogP contribution is 2.40. The average Bonchev–Trinajstić information content (AvgIpc) is 2.66. The van der Waals surface area contributed by atoms with E-state index in [1.807, 2.05) is 6.92 Å². The zero-order valence-corrected chi connectivity index (χ0v) is 16.3. The van der Waals surface area contributed by atoms with Gasteiger partial charge < -0.3 is 15.4 Å². The molecule has 0 fully saturated rings. The van der Waals surface area contributed by atoms with E-state index in [9.17, 15) is 22.8 Å². The molecule has 1 aliphatic heterocycles. The Hall–Kier alpha value is -2.68. The Balaban J connectivity index is 1.67. The Morgan fingerprint density at radius 1 is 1.24 bits per heavy atom. The quantitative estimate of drug-likeness (QED) is 0.690. The molecule has 2 aromatic carbocycles. The molecule has 0 bridgehead atoms. The lowest BCUT2D eigenvalue weighted by molar-refractivity contribution is -0.137. The highest BCUT2D eigenvalue weighted by atomic mass is 32.2. The predicted octanol–water partition coefficient (Wildman–Crippen LogP) is 4.94. The molecule has 154 valence electrons. The van der Waals surface area contributed by atoms with Crippen molar-refractivity contribution in [3.63, 3.8) is 0 Å². The van der Waals surface area contributed by atoms with Gasteiger partial charge in [-0.1, -0.05) is 19.1 Å². The van der Waals surface area contributed by atoms with Gasteiger partial charge in [-0.05, 0) is 36.8 Å². The van der Waals surface area contributed by atoms with Crippen LogP contribution in [0.5, 0.6) is 5.75 Å². The van der Waals surface area contributed by atoms with Gasteiger partial charge in [-0.3, -0.25) is 9.59 Å². The lowest BCUT2D eigenvalue weighted by Crippen LogP contribution is -2.32. The number of fused-ring (bicyclic) bond motifs is 1. The molecule has 2 N–H and O–H groups in total. The number of hydrogen-bond acceptors (Lipinski definition) is 4. The topological polar surface area (TPSA) is 67.4 Å². The molecule has 0 aliphatic carbocycles. The summed E-state index contributed by atoms with van der Waals surface area (Å²) in [6.45, 7) is 2.47. The average molecular weight is 424 g/mol. The molecule has 2 aromatic rings. The largest absolute Gasteiger partial charge is 0.491 e. The van der Waals surface area contributed by atoms with Gasteiger partial charge in [0.25, 0.3) is 0 Å². The van der Waals surface area contributed by atoms with Crippen molar-refractivity contribution in [2.24, 2.45) is 0 Å². The maximum absolute atomic E-state index is 12.8.